The molecular formula is C19H15NO. The van der Waals surface area contributed by atoms with Crippen LogP contribution >= 0.6 is 0 Å². The summed E-state index contributed by atoms with van der Waals surface area (Å²) in [5.74, 6) is 0.862. The number of para-hydroxylation sites is 1. The van der Waals surface area contributed by atoms with Crippen molar-refractivity contribution in [2.75, 3.05) is 0 Å². The Morgan fingerprint density at radius 2 is 1.76 bits per heavy atom. The first-order chi connectivity index (χ1) is 10.2. The summed E-state index contributed by atoms with van der Waals surface area (Å²) in [6.45, 7) is 4.19. The van der Waals surface area contributed by atoms with Crippen LogP contribution in [0.15, 0.2) is 59.0 Å². The van der Waals surface area contributed by atoms with E-state index in [0.29, 0.717) is 0 Å². The van der Waals surface area contributed by atoms with E-state index in [9.17, 15) is 0 Å². The van der Waals surface area contributed by atoms with Crippen LogP contribution in [0.4, 0.5) is 0 Å². The van der Waals surface area contributed by atoms with Crippen LogP contribution in [0, 0.1) is 13.8 Å². The summed E-state index contributed by atoms with van der Waals surface area (Å²) < 4.78 is 6.03. The van der Waals surface area contributed by atoms with E-state index < -0.39 is 0 Å². The number of fused-ring (bicyclic) bond motifs is 2. The van der Waals surface area contributed by atoms with Crippen LogP contribution in [0.25, 0.3) is 33.3 Å². The van der Waals surface area contributed by atoms with Crippen molar-refractivity contribution in [3.63, 3.8) is 0 Å². The van der Waals surface area contributed by atoms with Crippen LogP contribution in [-0.4, -0.2) is 4.98 Å². The number of pyridine rings is 1. The third kappa shape index (κ3) is 1.91. The predicted molar refractivity (Wildman–Crippen MR) is 86.4 cm³/mol. The lowest BCUT2D eigenvalue weighted by molar-refractivity contribution is 0.626. The van der Waals surface area contributed by atoms with Crippen LogP contribution in [0.2, 0.25) is 0 Å². The highest BCUT2D eigenvalue weighted by Gasteiger charge is 2.13. The Labute approximate surface area is 123 Å². The Morgan fingerprint density at radius 3 is 2.67 bits per heavy atom. The molecule has 2 heteroatoms. The molecule has 0 saturated heterocycles. The Bertz CT molecular complexity index is 966. The molecule has 0 fully saturated rings. The highest BCUT2D eigenvalue weighted by molar-refractivity contribution is 5.89. The summed E-state index contributed by atoms with van der Waals surface area (Å²) in [6.07, 6.45) is 0. The topological polar surface area (TPSA) is 26.0 Å². The zero-order chi connectivity index (χ0) is 14.4. The number of aromatic nitrogens is 1. The third-order valence-corrected chi connectivity index (χ3v) is 3.92. The monoisotopic (exact) mass is 273 g/mol. The molecular weight excluding hydrogens is 258 g/mol. The normalized spacial score (nSPS) is 11.3. The standard InChI is InChI=1S/C19H15NO/c1-12-7-10-18-15(11-12)13(2)19(21-18)17-9-8-14-5-3-4-6-16(14)20-17/h3-11H,1-2H3. The summed E-state index contributed by atoms with van der Waals surface area (Å²) in [7, 11) is 0. The van der Waals surface area contributed by atoms with Gasteiger partial charge in [0.15, 0.2) is 5.76 Å². The molecule has 0 N–H and O–H groups in total. The SMILES string of the molecule is Cc1ccc2oc(-c3ccc4ccccc4n3)c(C)c2c1. The maximum absolute atomic E-state index is 6.03. The fraction of sp³-hybridized carbons (Fsp3) is 0.105. The summed E-state index contributed by atoms with van der Waals surface area (Å²) >= 11 is 0. The fourth-order valence-electron chi connectivity index (χ4n) is 2.77. The van der Waals surface area contributed by atoms with Gasteiger partial charge in [0, 0.05) is 16.3 Å². The minimum atomic E-state index is 0.862. The van der Waals surface area contributed by atoms with Gasteiger partial charge in [-0.05, 0) is 38.1 Å². The number of furan rings is 1. The Balaban J connectivity index is 1.97. The molecule has 2 aromatic carbocycles. The molecule has 0 amide bonds. The first kappa shape index (κ1) is 12.2. The molecule has 0 aliphatic carbocycles. The molecule has 4 aromatic rings. The molecule has 0 aliphatic rings. The van der Waals surface area contributed by atoms with Gasteiger partial charge >= 0.3 is 0 Å². The molecule has 0 radical (unpaired) electrons. The van der Waals surface area contributed by atoms with Crippen LogP contribution in [0.1, 0.15) is 11.1 Å². The van der Waals surface area contributed by atoms with Crippen molar-refractivity contribution in [3.05, 3.63) is 65.7 Å². The molecule has 0 atom stereocenters. The van der Waals surface area contributed by atoms with E-state index >= 15 is 0 Å². The van der Waals surface area contributed by atoms with E-state index in [1.807, 2.05) is 30.3 Å². The van der Waals surface area contributed by atoms with Crippen LogP contribution in [-0.2, 0) is 0 Å². The highest BCUT2D eigenvalue weighted by Crippen LogP contribution is 2.33. The van der Waals surface area contributed by atoms with Crippen molar-refractivity contribution in [1.82, 2.24) is 4.98 Å². The largest absolute Gasteiger partial charge is 0.454 e. The molecule has 0 saturated carbocycles. The minimum Gasteiger partial charge on any atom is -0.454 e. The number of nitrogens with zero attached hydrogens (tertiary/aromatic N) is 1. The van der Waals surface area contributed by atoms with Gasteiger partial charge in [-0.2, -0.15) is 0 Å². The van der Waals surface area contributed by atoms with E-state index in [2.05, 4.69) is 38.1 Å². The molecule has 0 spiro atoms. The van der Waals surface area contributed by atoms with Gasteiger partial charge in [-0.25, -0.2) is 4.98 Å². The molecule has 2 nitrogen and oxygen atoms in total. The van der Waals surface area contributed by atoms with Gasteiger partial charge in [-0.3, -0.25) is 0 Å². The molecule has 4 rings (SSSR count). The lowest BCUT2D eigenvalue weighted by Crippen LogP contribution is -1.85. The second-order valence-corrected chi connectivity index (χ2v) is 5.44. The lowest BCUT2D eigenvalue weighted by atomic mass is 10.1. The van der Waals surface area contributed by atoms with E-state index in [4.69, 9.17) is 9.40 Å². The third-order valence-electron chi connectivity index (χ3n) is 3.92. The summed E-state index contributed by atoms with van der Waals surface area (Å²) in [6, 6.07) is 18.5. The molecule has 2 heterocycles. The highest BCUT2D eigenvalue weighted by atomic mass is 16.3. The van der Waals surface area contributed by atoms with Gasteiger partial charge in [0.1, 0.15) is 11.3 Å². The van der Waals surface area contributed by atoms with Gasteiger partial charge in [-0.1, -0.05) is 35.9 Å². The van der Waals surface area contributed by atoms with Crippen molar-refractivity contribution in [3.8, 4) is 11.5 Å². The number of benzene rings is 2. The van der Waals surface area contributed by atoms with Crippen molar-refractivity contribution in [2.45, 2.75) is 13.8 Å². The van der Waals surface area contributed by atoms with Crippen molar-refractivity contribution >= 4 is 21.9 Å². The number of aryl methyl sites for hydroxylation is 2. The average molecular weight is 273 g/mol. The molecule has 21 heavy (non-hydrogen) atoms. The number of hydrogen-bond donors (Lipinski definition) is 0. The van der Waals surface area contributed by atoms with Gasteiger partial charge in [-0.15, -0.1) is 0 Å². The molecule has 2 aromatic heterocycles. The van der Waals surface area contributed by atoms with E-state index in [1.54, 1.807) is 0 Å². The quantitative estimate of drug-likeness (QED) is 0.472. The van der Waals surface area contributed by atoms with Crippen molar-refractivity contribution in [2.24, 2.45) is 0 Å². The Hall–Kier alpha value is -2.61. The van der Waals surface area contributed by atoms with E-state index in [0.717, 1.165) is 33.5 Å². The first-order valence-electron chi connectivity index (χ1n) is 7.08. The van der Waals surface area contributed by atoms with Gasteiger partial charge in [0.2, 0.25) is 0 Å². The van der Waals surface area contributed by atoms with Gasteiger partial charge in [0.25, 0.3) is 0 Å². The fourth-order valence-corrected chi connectivity index (χ4v) is 2.77. The number of rotatable bonds is 1. The van der Waals surface area contributed by atoms with Crippen LogP contribution in [0.3, 0.4) is 0 Å². The molecule has 0 bridgehead atoms. The first-order valence-corrected chi connectivity index (χ1v) is 7.08. The zero-order valence-electron chi connectivity index (χ0n) is 12.1. The molecule has 0 unspecified atom stereocenters. The molecule has 102 valence electrons. The Kier molecular flexibility index (Phi) is 2.58. The average Bonchev–Trinajstić information content (AvgIpc) is 2.84. The molecule has 0 aliphatic heterocycles. The maximum atomic E-state index is 6.03. The summed E-state index contributed by atoms with van der Waals surface area (Å²) in [5, 5.41) is 2.31. The lowest BCUT2D eigenvalue weighted by Gasteiger charge is -2.01. The number of hydrogen-bond acceptors (Lipinski definition) is 2. The zero-order valence-corrected chi connectivity index (χ0v) is 12.1. The van der Waals surface area contributed by atoms with Gasteiger partial charge < -0.3 is 4.42 Å². The minimum absolute atomic E-state index is 0.862. The maximum Gasteiger partial charge on any atom is 0.156 e. The van der Waals surface area contributed by atoms with E-state index in [1.165, 1.54) is 10.9 Å². The van der Waals surface area contributed by atoms with Crippen LogP contribution in [0.5, 0.6) is 0 Å². The van der Waals surface area contributed by atoms with Crippen molar-refractivity contribution < 1.29 is 4.42 Å². The van der Waals surface area contributed by atoms with Crippen LogP contribution < -0.4 is 0 Å². The Morgan fingerprint density at radius 1 is 0.905 bits per heavy atom. The predicted octanol–water partition coefficient (Wildman–Crippen LogP) is 5.26. The van der Waals surface area contributed by atoms with Crippen molar-refractivity contribution in [1.29, 1.82) is 0 Å². The van der Waals surface area contributed by atoms with Gasteiger partial charge in [0.05, 0.1) is 5.52 Å². The second-order valence-electron chi connectivity index (χ2n) is 5.44. The second kappa shape index (κ2) is 4.45. The summed E-state index contributed by atoms with van der Waals surface area (Å²) in [5.41, 5.74) is 5.19. The van der Waals surface area contributed by atoms with E-state index in [-0.39, 0.29) is 0 Å². The summed E-state index contributed by atoms with van der Waals surface area (Å²) in [4.78, 5) is 4.73. The smallest absolute Gasteiger partial charge is 0.156 e.